The molecule has 1 atom stereocenters. The highest BCUT2D eigenvalue weighted by molar-refractivity contribution is 7.99. The Morgan fingerprint density at radius 1 is 1.33 bits per heavy atom. The van der Waals surface area contributed by atoms with Crippen molar-refractivity contribution in [3.8, 4) is 0 Å². The highest BCUT2D eigenvalue weighted by Gasteiger charge is 2.22. The normalized spacial score (nSPS) is 15.2. The van der Waals surface area contributed by atoms with Gasteiger partial charge in [-0.25, -0.2) is 0 Å². The molecule has 1 unspecified atom stereocenters. The molecule has 0 spiro atoms. The molecule has 2 amide bonds. The zero-order valence-electron chi connectivity index (χ0n) is 12.6. The standard InChI is InChI=1S/C16H22N2O2S/c1-3-12(2)17-15(19)8-9-16(20)18-10-11-21-14-7-5-4-6-13(14)18/h4-7,12H,3,8-11H2,1-2H3,(H,17,19). The van der Waals surface area contributed by atoms with Gasteiger partial charge in [0.05, 0.1) is 5.69 Å². The van der Waals surface area contributed by atoms with E-state index in [0.717, 1.165) is 22.8 Å². The maximum atomic E-state index is 12.4. The third-order valence-corrected chi connectivity index (χ3v) is 4.66. The van der Waals surface area contributed by atoms with Gasteiger partial charge in [-0.3, -0.25) is 9.59 Å². The van der Waals surface area contributed by atoms with Crippen molar-refractivity contribution in [2.45, 2.75) is 44.0 Å². The quantitative estimate of drug-likeness (QED) is 0.910. The van der Waals surface area contributed by atoms with E-state index in [-0.39, 0.29) is 30.7 Å². The number of benzene rings is 1. The number of carbonyl (C=O) groups is 2. The van der Waals surface area contributed by atoms with Gasteiger partial charge >= 0.3 is 0 Å². The zero-order chi connectivity index (χ0) is 15.2. The van der Waals surface area contributed by atoms with Gasteiger partial charge in [-0.15, -0.1) is 11.8 Å². The third-order valence-electron chi connectivity index (χ3n) is 3.62. The Balaban J connectivity index is 1.91. The number of nitrogens with zero attached hydrogens (tertiary/aromatic N) is 1. The van der Waals surface area contributed by atoms with Crippen LogP contribution in [-0.2, 0) is 9.59 Å². The number of rotatable bonds is 5. The van der Waals surface area contributed by atoms with E-state index in [9.17, 15) is 9.59 Å². The second-order valence-corrected chi connectivity index (χ2v) is 6.38. The van der Waals surface area contributed by atoms with Crippen molar-refractivity contribution in [1.82, 2.24) is 5.32 Å². The summed E-state index contributed by atoms with van der Waals surface area (Å²) >= 11 is 1.77. The Hall–Kier alpha value is -1.49. The Labute approximate surface area is 130 Å². The highest BCUT2D eigenvalue weighted by atomic mass is 32.2. The fraction of sp³-hybridized carbons (Fsp3) is 0.500. The number of thioether (sulfide) groups is 1. The van der Waals surface area contributed by atoms with Gasteiger partial charge in [-0.1, -0.05) is 19.1 Å². The summed E-state index contributed by atoms with van der Waals surface area (Å²) in [7, 11) is 0. The minimum atomic E-state index is -0.0441. The number of amides is 2. The Morgan fingerprint density at radius 3 is 2.86 bits per heavy atom. The smallest absolute Gasteiger partial charge is 0.227 e. The van der Waals surface area contributed by atoms with Gasteiger partial charge in [0.25, 0.3) is 0 Å². The molecule has 1 heterocycles. The highest BCUT2D eigenvalue weighted by Crippen LogP contribution is 2.34. The largest absolute Gasteiger partial charge is 0.354 e. The summed E-state index contributed by atoms with van der Waals surface area (Å²) in [5.41, 5.74) is 0.973. The SMILES string of the molecule is CCC(C)NC(=O)CCC(=O)N1CCSc2ccccc21. The van der Waals surface area contributed by atoms with E-state index in [0.29, 0.717) is 6.54 Å². The number of para-hydroxylation sites is 1. The lowest BCUT2D eigenvalue weighted by Gasteiger charge is -2.29. The summed E-state index contributed by atoms with van der Waals surface area (Å²) in [6.07, 6.45) is 1.42. The molecule has 1 aliphatic heterocycles. The molecule has 1 aromatic carbocycles. The molecular weight excluding hydrogens is 284 g/mol. The number of anilines is 1. The minimum absolute atomic E-state index is 0.0297. The van der Waals surface area contributed by atoms with E-state index in [1.165, 1.54) is 0 Å². The number of hydrogen-bond donors (Lipinski definition) is 1. The molecule has 0 aliphatic carbocycles. The van der Waals surface area contributed by atoms with Gasteiger partial charge in [0.15, 0.2) is 0 Å². The van der Waals surface area contributed by atoms with E-state index in [2.05, 4.69) is 5.32 Å². The van der Waals surface area contributed by atoms with E-state index in [1.54, 1.807) is 11.8 Å². The zero-order valence-corrected chi connectivity index (χ0v) is 13.4. The first-order chi connectivity index (χ1) is 10.1. The van der Waals surface area contributed by atoms with Crippen LogP contribution in [0.25, 0.3) is 0 Å². The van der Waals surface area contributed by atoms with Crippen molar-refractivity contribution in [2.24, 2.45) is 0 Å². The Morgan fingerprint density at radius 2 is 2.10 bits per heavy atom. The third kappa shape index (κ3) is 4.24. The van der Waals surface area contributed by atoms with Crippen LogP contribution in [0.3, 0.4) is 0 Å². The summed E-state index contributed by atoms with van der Waals surface area (Å²) in [5.74, 6) is 0.890. The molecule has 5 heteroatoms. The molecule has 0 fully saturated rings. The molecule has 0 bridgehead atoms. The molecule has 0 radical (unpaired) electrons. The van der Waals surface area contributed by atoms with Crippen LogP contribution in [0.15, 0.2) is 29.2 Å². The fourth-order valence-corrected chi connectivity index (χ4v) is 3.23. The van der Waals surface area contributed by atoms with Crippen LogP contribution in [0.5, 0.6) is 0 Å². The first-order valence-electron chi connectivity index (χ1n) is 7.43. The van der Waals surface area contributed by atoms with Crippen molar-refractivity contribution in [2.75, 3.05) is 17.2 Å². The van der Waals surface area contributed by atoms with Gasteiger partial charge in [0.1, 0.15) is 0 Å². The lowest BCUT2D eigenvalue weighted by molar-refractivity contribution is -0.125. The van der Waals surface area contributed by atoms with Gasteiger partial charge in [0.2, 0.25) is 11.8 Å². The number of fused-ring (bicyclic) bond motifs is 1. The van der Waals surface area contributed by atoms with E-state index in [4.69, 9.17) is 0 Å². The predicted molar refractivity (Wildman–Crippen MR) is 86.6 cm³/mol. The van der Waals surface area contributed by atoms with Crippen molar-refractivity contribution >= 4 is 29.3 Å². The predicted octanol–water partition coefficient (Wildman–Crippen LogP) is 2.82. The van der Waals surface area contributed by atoms with Crippen LogP contribution >= 0.6 is 11.8 Å². The second-order valence-electron chi connectivity index (χ2n) is 5.24. The lowest BCUT2D eigenvalue weighted by atomic mass is 10.2. The first-order valence-corrected chi connectivity index (χ1v) is 8.42. The molecule has 114 valence electrons. The molecule has 0 saturated heterocycles. The van der Waals surface area contributed by atoms with Gasteiger partial charge in [0, 0.05) is 36.1 Å². The average molecular weight is 306 g/mol. The van der Waals surface area contributed by atoms with E-state index >= 15 is 0 Å². The molecule has 4 nitrogen and oxygen atoms in total. The van der Waals surface area contributed by atoms with Crippen molar-refractivity contribution < 1.29 is 9.59 Å². The number of carbonyl (C=O) groups excluding carboxylic acids is 2. The summed E-state index contributed by atoms with van der Waals surface area (Å²) in [5, 5.41) is 2.89. The molecule has 1 N–H and O–H groups in total. The topological polar surface area (TPSA) is 49.4 Å². The molecule has 1 aliphatic rings. The van der Waals surface area contributed by atoms with Crippen molar-refractivity contribution in [3.05, 3.63) is 24.3 Å². The van der Waals surface area contributed by atoms with E-state index in [1.807, 2.05) is 43.0 Å². The summed E-state index contributed by atoms with van der Waals surface area (Å²) < 4.78 is 0. The Kier molecular flexibility index (Phi) is 5.67. The van der Waals surface area contributed by atoms with Crippen molar-refractivity contribution in [3.63, 3.8) is 0 Å². The van der Waals surface area contributed by atoms with Crippen LogP contribution in [-0.4, -0.2) is 30.2 Å². The molecule has 0 aromatic heterocycles. The molecule has 2 rings (SSSR count). The maximum Gasteiger partial charge on any atom is 0.227 e. The van der Waals surface area contributed by atoms with Gasteiger partial charge in [-0.2, -0.15) is 0 Å². The van der Waals surface area contributed by atoms with Crippen molar-refractivity contribution in [1.29, 1.82) is 0 Å². The summed E-state index contributed by atoms with van der Waals surface area (Å²) in [6.45, 7) is 4.71. The average Bonchev–Trinajstić information content (AvgIpc) is 2.51. The van der Waals surface area contributed by atoms with Crippen LogP contribution in [0.4, 0.5) is 5.69 Å². The fourth-order valence-electron chi connectivity index (χ4n) is 2.23. The van der Waals surface area contributed by atoms with Crippen LogP contribution < -0.4 is 10.2 Å². The molecule has 0 saturated carbocycles. The molecule has 1 aromatic rings. The molecular formula is C16H22N2O2S. The number of hydrogen-bond acceptors (Lipinski definition) is 3. The lowest BCUT2D eigenvalue weighted by Crippen LogP contribution is -2.37. The van der Waals surface area contributed by atoms with Gasteiger partial charge < -0.3 is 10.2 Å². The van der Waals surface area contributed by atoms with Crippen LogP contribution in [0.2, 0.25) is 0 Å². The van der Waals surface area contributed by atoms with E-state index < -0.39 is 0 Å². The first kappa shape index (κ1) is 15.9. The van der Waals surface area contributed by atoms with Gasteiger partial charge in [-0.05, 0) is 25.5 Å². The number of nitrogens with one attached hydrogen (secondary N) is 1. The Bertz CT molecular complexity index is 519. The van der Waals surface area contributed by atoms with Crippen LogP contribution in [0, 0.1) is 0 Å². The summed E-state index contributed by atoms with van der Waals surface area (Å²) in [4.78, 5) is 27.1. The second kappa shape index (κ2) is 7.50. The summed E-state index contributed by atoms with van der Waals surface area (Å²) in [6, 6.07) is 8.10. The monoisotopic (exact) mass is 306 g/mol. The minimum Gasteiger partial charge on any atom is -0.354 e. The van der Waals surface area contributed by atoms with Crippen LogP contribution in [0.1, 0.15) is 33.1 Å². The maximum absolute atomic E-state index is 12.4. The molecule has 21 heavy (non-hydrogen) atoms.